The second-order valence-corrected chi connectivity index (χ2v) is 5.94. The maximum Gasteiger partial charge on any atom is 0.310 e. The number of carboxylic acid groups (broad SMARTS) is 1. The molecule has 0 radical (unpaired) electrons. The number of nitrogens with one attached hydrogen (secondary N) is 1. The summed E-state index contributed by atoms with van der Waals surface area (Å²) in [6.45, 7) is 5.82. The van der Waals surface area contributed by atoms with Crippen LogP contribution >= 0.6 is 0 Å². The molecule has 20 heavy (non-hydrogen) atoms. The lowest BCUT2D eigenvalue weighted by atomic mass is 10.1. The highest BCUT2D eigenvalue weighted by Gasteiger charge is 2.25. The SMILES string of the molecule is CC(C)(C)n1ccnc(NC2C=CC(C(=O)O)C2)c1=O. The van der Waals surface area contributed by atoms with Crippen molar-refractivity contribution in [2.75, 3.05) is 5.32 Å². The fourth-order valence-electron chi connectivity index (χ4n) is 2.20. The van der Waals surface area contributed by atoms with E-state index in [0.29, 0.717) is 6.42 Å². The van der Waals surface area contributed by atoms with Crippen LogP contribution in [-0.2, 0) is 10.3 Å². The molecule has 0 saturated carbocycles. The topological polar surface area (TPSA) is 84.2 Å². The van der Waals surface area contributed by atoms with E-state index in [1.165, 1.54) is 0 Å². The van der Waals surface area contributed by atoms with Gasteiger partial charge in [0.2, 0.25) is 0 Å². The van der Waals surface area contributed by atoms with Gasteiger partial charge in [0.05, 0.1) is 5.92 Å². The molecule has 1 heterocycles. The van der Waals surface area contributed by atoms with E-state index in [1.807, 2.05) is 20.8 Å². The lowest BCUT2D eigenvalue weighted by molar-refractivity contribution is -0.140. The third kappa shape index (κ3) is 2.89. The van der Waals surface area contributed by atoms with Gasteiger partial charge in [0.25, 0.3) is 5.56 Å². The van der Waals surface area contributed by atoms with Crippen LogP contribution in [0.25, 0.3) is 0 Å². The molecule has 0 spiro atoms. The number of carbonyl (C=O) groups is 1. The number of nitrogens with zero attached hydrogens (tertiary/aromatic N) is 2. The molecule has 6 nitrogen and oxygen atoms in total. The van der Waals surface area contributed by atoms with Crippen molar-refractivity contribution >= 4 is 11.8 Å². The first kappa shape index (κ1) is 14.3. The van der Waals surface area contributed by atoms with Crippen molar-refractivity contribution in [3.05, 3.63) is 34.9 Å². The average Bonchev–Trinajstić information content (AvgIpc) is 2.79. The number of rotatable bonds is 3. The fraction of sp³-hybridized carbons (Fsp3) is 0.500. The molecule has 6 heteroatoms. The molecule has 2 atom stereocenters. The number of aromatic nitrogens is 2. The largest absolute Gasteiger partial charge is 0.481 e. The molecular weight excluding hydrogens is 258 g/mol. The van der Waals surface area contributed by atoms with Crippen molar-refractivity contribution in [2.24, 2.45) is 5.92 Å². The van der Waals surface area contributed by atoms with E-state index >= 15 is 0 Å². The van der Waals surface area contributed by atoms with Crippen LogP contribution in [0.5, 0.6) is 0 Å². The van der Waals surface area contributed by atoms with Gasteiger partial charge in [0, 0.05) is 24.0 Å². The van der Waals surface area contributed by atoms with E-state index in [2.05, 4.69) is 10.3 Å². The summed E-state index contributed by atoms with van der Waals surface area (Å²) in [5.74, 6) is -1.09. The van der Waals surface area contributed by atoms with Crippen molar-refractivity contribution in [1.29, 1.82) is 0 Å². The van der Waals surface area contributed by atoms with Crippen molar-refractivity contribution in [3.63, 3.8) is 0 Å². The normalized spacial score (nSPS) is 21.9. The summed E-state index contributed by atoms with van der Waals surface area (Å²) in [7, 11) is 0. The maximum atomic E-state index is 12.3. The Bertz CT molecular complexity index is 598. The smallest absolute Gasteiger partial charge is 0.310 e. The lowest BCUT2D eigenvalue weighted by Gasteiger charge is -2.23. The molecule has 0 saturated heterocycles. The van der Waals surface area contributed by atoms with Crippen molar-refractivity contribution in [1.82, 2.24) is 9.55 Å². The number of carboxylic acids is 1. The zero-order chi connectivity index (χ0) is 14.9. The third-order valence-electron chi connectivity index (χ3n) is 3.29. The summed E-state index contributed by atoms with van der Waals surface area (Å²) in [5, 5.41) is 12.0. The maximum absolute atomic E-state index is 12.3. The minimum Gasteiger partial charge on any atom is -0.481 e. The van der Waals surface area contributed by atoms with E-state index in [4.69, 9.17) is 5.11 Å². The Morgan fingerprint density at radius 3 is 2.70 bits per heavy atom. The predicted molar refractivity (Wildman–Crippen MR) is 75.8 cm³/mol. The van der Waals surface area contributed by atoms with Crippen LogP contribution in [0.1, 0.15) is 27.2 Å². The van der Waals surface area contributed by atoms with E-state index in [0.717, 1.165) is 0 Å². The first-order valence-corrected chi connectivity index (χ1v) is 6.55. The summed E-state index contributed by atoms with van der Waals surface area (Å²) < 4.78 is 1.61. The monoisotopic (exact) mass is 277 g/mol. The van der Waals surface area contributed by atoms with Gasteiger partial charge in [-0.1, -0.05) is 12.2 Å². The van der Waals surface area contributed by atoms with Gasteiger partial charge in [-0.05, 0) is 27.2 Å². The Labute approximate surface area is 117 Å². The summed E-state index contributed by atoms with van der Waals surface area (Å²) >= 11 is 0. The van der Waals surface area contributed by atoms with E-state index in [-0.39, 0.29) is 23.0 Å². The Morgan fingerprint density at radius 1 is 1.45 bits per heavy atom. The molecule has 108 valence electrons. The molecule has 2 unspecified atom stereocenters. The van der Waals surface area contributed by atoms with Crippen LogP contribution in [-0.4, -0.2) is 26.7 Å². The molecular formula is C14H19N3O3. The van der Waals surface area contributed by atoms with Crippen molar-refractivity contribution in [2.45, 2.75) is 38.8 Å². The molecule has 0 amide bonds. The van der Waals surface area contributed by atoms with Crippen LogP contribution in [0.3, 0.4) is 0 Å². The molecule has 2 rings (SSSR count). The second kappa shape index (κ2) is 5.11. The molecule has 1 aliphatic rings. The Kier molecular flexibility index (Phi) is 3.65. The highest BCUT2D eigenvalue weighted by Crippen LogP contribution is 2.20. The van der Waals surface area contributed by atoms with Crippen LogP contribution < -0.4 is 10.9 Å². The van der Waals surface area contributed by atoms with Gasteiger partial charge in [-0.3, -0.25) is 9.59 Å². The number of hydrogen-bond donors (Lipinski definition) is 2. The number of hydrogen-bond acceptors (Lipinski definition) is 4. The Morgan fingerprint density at radius 2 is 2.15 bits per heavy atom. The van der Waals surface area contributed by atoms with Gasteiger partial charge >= 0.3 is 5.97 Å². The quantitative estimate of drug-likeness (QED) is 0.817. The van der Waals surface area contributed by atoms with Crippen LogP contribution in [0.4, 0.5) is 5.82 Å². The molecule has 2 N–H and O–H groups in total. The molecule has 0 fully saturated rings. The summed E-state index contributed by atoms with van der Waals surface area (Å²) in [4.78, 5) is 27.3. The molecule has 1 aliphatic carbocycles. The predicted octanol–water partition coefficient (Wildman–Crippen LogP) is 1.44. The van der Waals surface area contributed by atoms with Crippen molar-refractivity contribution < 1.29 is 9.90 Å². The van der Waals surface area contributed by atoms with Gasteiger partial charge in [0.1, 0.15) is 0 Å². The first-order valence-electron chi connectivity index (χ1n) is 6.55. The lowest BCUT2D eigenvalue weighted by Crippen LogP contribution is -2.36. The molecule has 0 aromatic carbocycles. The van der Waals surface area contributed by atoms with Gasteiger partial charge in [-0.25, -0.2) is 4.98 Å². The zero-order valence-electron chi connectivity index (χ0n) is 11.8. The first-order chi connectivity index (χ1) is 9.29. The standard InChI is InChI=1S/C14H19N3O3/c1-14(2,3)17-7-6-15-11(12(17)18)16-10-5-4-9(8-10)13(19)20/h4-7,9-10H,8H2,1-3H3,(H,15,16)(H,19,20). The molecule has 0 bridgehead atoms. The molecule has 1 aromatic rings. The molecule has 0 aliphatic heterocycles. The second-order valence-electron chi connectivity index (χ2n) is 5.94. The minimum absolute atomic E-state index is 0.174. The highest BCUT2D eigenvalue weighted by atomic mass is 16.4. The summed E-state index contributed by atoms with van der Waals surface area (Å²) in [6, 6.07) is -0.174. The van der Waals surface area contributed by atoms with Crippen LogP contribution in [0, 0.1) is 5.92 Å². The van der Waals surface area contributed by atoms with E-state index < -0.39 is 11.9 Å². The highest BCUT2D eigenvalue weighted by molar-refractivity contribution is 5.73. The van der Waals surface area contributed by atoms with Gasteiger partial charge in [0.15, 0.2) is 5.82 Å². The third-order valence-corrected chi connectivity index (χ3v) is 3.29. The van der Waals surface area contributed by atoms with E-state index in [9.17, 15) is 9.59 Å². The van der Waals surface area contributed by atoms with E-state index in [1.54, 1.807) is 29.1 Å². The van der Waals surface area contributed by atoms with Gasteiger partial charge in [-0.2, -0.15) is 0 Å². The van der Waals surface area contributed by atoms with Crippen LogP contribution in [0.2, 0.25) is 0 Å². The fourth-order valence-corrected chi connectivity index (χ4v) is 2.20. The number of anilines is 1. The summed E-state index contributed by atoms with van der Waals surface area (Å²) in [5.41, 5.74) is -0.529. The minimum atomic E-state index is -0.848. The average molecular weight is 277 g/mol. The number of aliphatic carboxylic acids is 1. The Hall–Kier alpha value is -2.11. The van der Waals surface area contributed by atoms with Crippen molar-refractivity contribution in [3.8, 4) is 0 Å². The molecule has 1 aromatic heterocycles. The van der Waals surface area contributed by atoms with Gasteiger partial charge < -0.3 is 15.0 Å². The van der Waals surface area contributed by atoms with Gasteiger partial charge in [-0.15, -0.1) is 0 Å². The Balaban J connectivity index is 2.18. The summed E-state index contributed by atoms with van der Waals surface area (Å²) in [6.07, 6.45) is 7.07. The zero-order valence-corrected chi connectivity index (χ0v) is 11.8. The van der Waals surface area contributed by atoms with Crippen LogP contribution in [0.15, 0.2) is 29.3 Å².